The molecule has 3 aromatic carbocycles. The van der Waals surface area contributed by atoms with E-state index in [1.54, 1.807) is 39.9 Å². The van der Waals surface area contributed by atoms with Gasteiger partial charge >= 0.3 is 0 Å². The number of carbonyl (C=O) groups is 1. The Kier molecular flexibility index (Phi) is 7.75. The topological polar surface area (TPSA) is 72.3 Å². The monoisotopic (exact) mass is 611 g/mol. The fourth-order valence-electron chi connectivity index (χ4n) is 4.92. The highest BCUT2D eigenvalue weighted by atomic mass is 79.9. The smallest absolute Gasteiger partial charge is 0.246 e. The van der Waals surface area contributed by atoms with Crippen molar-refractivity contribution < 1.29 is 13.2 Å². The van der Waals surface area contributed by atoms with Crippen LogP contribution in [0, 0.1) is 6.92 Å². The van der Waals surface area contributed by atoms with Gasteiger partial charge in [0.2, 0.25) is 5.91 Å². The van der Waals surface area contributed by atoms with Crippen molar-refractivity contribution in [1.82, 2.24) is 14.7 Å². The van der Waals surface area contributed by atoms with E-state index in [0.29, 0.717) is 48.1 Å². The van der Waals surface area contributed by atoms with Crippen LogP contribution in [0.5, 0.6) is 0 Å². The molecule has 0 aliphatic carbocycles. The van der Waals surface area contributed by atoms with Crippen LogP contribution in [-0.4, -0.2) is 47.3 Å². The lowest BCUT2D eigenvalue weighted by Crippen LogP contribution is -2.41. The summed E-state index contributed by atoms with van der Waals surface area (Å²) in [4.78, 5) is 14.9. The third kappa shape index (κ3) is 5.44. The van der Waals surface area contributed by atoms with Gasteiger partial charge in [0.1, 0.15) is 5.15 Å². The first-order chi connectivity index (χ1) is 18.2. The number of aryl methyl sites for hydroxylation is 1. The largest absolute Gasteiger partial charge is 0.339 e. The van der Waals surface area contributed by atoms with Gasteiger partial charge in [-0.05, 0) is 66.4 Å². The number of piperidine rings is 1. The first kappa shape index (κ1) is 26.7. The number of aromatic nitrogens is 2. The van der Waals surface area contributed by atoms with E-state index in [4.69, 9.17) is 11.6 Å². The number of benzene rings is 3. The number of carbonyl (C=O) groups excluding carboxylic acids is 1. The van der Waals surface area contributed by atoms with E-state index < -0.39 is 15.1 Å². The molecule has 1 saturated heterocycles. The summed E-state index contributed by atoms with van der Waals surface area (Å²) >= 11 is 10.0. The Morgan fingerprint density at radius 1 is 1.05 bits per heavy atom. The Hall–Kier alpha value is -2.94. The molecule has 1 amide bonds. The first-order valence-corrected chi connectivity index (χ1v) is 15.1. The van der Waals surface area contributed by atoms with Crippen LogP contribution in [0.15, 0.2) is 82.2 Å². The Balaban J connectivity index is 1.25. The highest BCUT2D eigenvalue weighted by Gasteiger charge is 2.32. The minimum Gasteiger partial charge on any atom is -0.339 e. The van der Waals surface area contributed by atoms with Crippen LogP contribution < -0.4 is 0 Å². The standard InChI is InChI=1S/C29H27BrClN3O3S/c1-20-26(29(31)34(32-20)19-22-7-4-6-21-5-2-3-8-27(21)22)13-14-28(35)33-17-15-25(16-18-33)38(36,37)24-11-9-23(30)10-12-24/h2-14,25H,15-19H2,1H3/b14-13+. The number of nitrogens with zero attached hydrogens (tertiary/aromatic N) is 3. The number of likely N-dealkylation sites (tertiary alicyclic amines) is 1. The summed E-state index contributed by atoms with van der Waals surface area (Å²) in [6.45, 7) is 3.16. The first-order valence-electron chi connectivity index (χ1n) is 12.4. The number of sulfone groups is 1. The van der Waals surface area contributed by atoms with Crippen molar-refractivity contribution in [3.63, 3.8) is 0 Å². The van der Waals surface area contributed by atoms with E-state index in [9.17, 15) is 13.2 Å². The van der Waals surface area contributed by atoms with Gasteiger partial charge in [-0.15, -0.1) is 0 Å². The minimum absolute atomic E-state index is 0.165. The molecule has 0 radical (unpaired) electrons. The quantitative estimate of drug-likeness (QED) is 0.240. The summed E-state index contributed by atoms with van der Waals surface area (Å²) in [5.41, 5.74) is 2.55. The number of fused-ring (bicyclic) bond motifs is 1. The second-order valence-corrected chi connectivity index (χ2v) is 12.9. The van der Waals surface area contributed by atoms with E-state index >= 15 is 0 Å². The van der Waals surface area contributed by atoms with Gasteiger partial charge in [0.25, 0.3) is 0 Å². The summed E-state index contributed by atoms with van der Waals surface area (Å²) in [5, 5.41) is 6.89. The molecule has 0 N–H and O–H groups in total. The van der Waals surface area contributed by atoms with E-state index in [-0.39, 0.29) is 5.91 Å². The van der Waals surface area contributed by atoms with E-state index in [1.165, 1.54) is 6.08 Å². The third-order valence-electron chi connectivity index (χ3n) is 7.04. The van der Waals surface area contributed by atoms with E-state index in [0.717, 1.165) is 26.5 Å². The Bertz CT molecular complexity index is 1620. The summed E-state index contributed by atoms with van der Waals surface area (Å²) in [6, 6.07) is 21.0. The lowest BCUT2D eigenvalue weighted by Gasteiger charge is -2.31. The van der Waals surface area contributed by atoms with Crippen molar-refractivity contribution in [2.45, 2.75) is 36.5 Å². The second kappa shape index (κ2) is 11.0. The highest BCUT2D eigenvalue weighted by molar-refractivity contribution is 9.10. The summed E-state index contributed by atoms with van der Waals surface area (Å²) in [5.74, 6) is -0.165. The Labute approximate surface area is 236 Å². The molecule has 0 saturated carbocycles. The van der Waals surface area contributed by atoms with Gasteiger partial charge in [-0.2, -0.15) is 5.10 Å². The number of hydrogen-bond acceptors (Lipinski definition) is 4. The molecule has 1 aliphatic heterocycles. The molecule has 1 aliphatic rings. The summed E-state index contributed by atoms with van der Waals surface area (Å²) in [6.07, 6.45) is 4.01. The zero-order valence-corrected chi connectivity index (χ0v) is 24.0. The SMILES string of the molecule is Cc1nn(Cc2cccc3ccccc23)c(Cl)c1/C=C/C(=O)N1CCC(S(=O)(=O)c2ccc(Br)cc2)CC1. The third-order valence-corrected chi connectivity index (χ3v) is 10.2. The van der Waals surface area contributed by atoms with Crippen molar-refractivity contribution in [3.8, 4) is 0 Å². The molecule has 2 heterocycles. The molecule has 5 rings (SSSR count). The summed E-state index contributed by atoms with van der Waals surface area (Å²) < 4.78 is 28.6. The maximum absolute atomic E-state index is 13.0. The van der Waals surface area contributed by atoms with Gasteiger partial charge in [-0.25, -0.2) is 13.1 Å². The van der Waals surface area contributed by atoms with Gasteiger partial charge < -0.3 is 4.90 Å². The number of amides is 1. The second-order valence-electron chi connectivity index (χ2n) is 9.44. The maximum Gasteiger partial charge on any atom is 0.246 e. The molecule has 1 fully saturated rings. The predicted molar refractivity (Wildman–Crippen MR) is 155 cm³/mol. The normalized spacial score (nSPS) is 15.0. The van der Waals surface area contributed by atoms with E-state index in [2.05, 4.69) is 45.3 Å². The van der Waals surface area contributed by atoms with Crippen LogP contribution in [0.3, 0.4) is 0 Å². The average molecular weight is 613 g/mol. The van der Waals surface area contributed by atoms with Crippen LogP contribution >= 0.6 is 27.5 Å². The molecule has 0 spiro atoms. The van der Waals surface area contributed by atoms with Crippen LogP contribution in [0.4, 0.5) is 0 Å². The number of hydrogen-bond donors (Lipinski definition) is 0. The van der Waals surface area contributed by atoms with Crippen molar-refractivity contribution in [2.24, 2.45) is 0 Å². The molecule has 6 nitrogen and oxygen atoms in total. The zero-order chi connectivity index (χ0) is 26.9. The number of rotatable bonds is 6. The molecular formula is C29H27BrClN3O3S. The molecule has 1 aromatic heterocycles. The molecule has 0 unspecified atom stereocenters. The van der Waals surface area contributed by atoms with Crippen LogP contribution in [-0.2, 0) is 21.2 Å². The molecular weight excluding hydrogens is 586 g/mol. The van der Waals surface area contributed by atoms with Gasteiger partial charge in [0.15, 0.2) is 9.84 Å². The van der Waals surface area contributed by atoms with Crippen LogP contribution in [0.2, 0.25) is 5.15 Å². The summed E-state index contributed by atoms with van der Waals surface area (Å²) in [7, 11) is -3.44. The molecule has 4 aromatic rings. The zero-order valence-electron chi connectivity index (χ0n) is 20.8. The van der Waals surface area contributed by atoms with Crippen LogP contribution in [0.1, 0.15) is 29.7 Å². The van der Waals surface area contributed by atoms with Crippen molar-refractivity contribution in [3.05, 3.63) is 99.3 Å². The molecule has 196 valence electrons. The lowest BCUT2D eigenvalue weighted by atomic mass is 10.0. The Morgan fingerprint density at radius 3 is 2.47 bits per heavy atom. The fraction of sp³-hybridized carbons (Fsp3) is 0.241. The van der Waals surface area contributed by atoms with E-state index in [1.807, 2.05) is 25.1 Å². The fourth-order valence-corrected chi connectivity index (χ4v) is 7.21. The van der Waals surface area contributed by atoms with Gasteiger partial charge in [0.05, 0.1) is 22.4 Å². The van der Waals surface area contributed by atoms with Gasteiger partial charge in [0, 0.05) is 29.2 Å². The maximum atomic E-state index is 13.0. The molecule has 38 heavy (non-hydrogen) atoms. The van der Waals surface area contributed by atoms with Gasteiger partial charge in [-0.1, -0.05) is 70.0 Å². The van der Waals surface area contributed by atoms with Crippen molar-refractivity contribution in [2.75, 3.05) is 13.1 Å². The molecule has 0 bridgehead atoms. The highest BCUT2D eigenvalue weighted by Crippen LogP contribution is 2.27. The lowest BCUT2D eigenvalue weighted by molar-refractivity contribution is -0.126. The predicted octanol–water partition coefficient (Wildman–Crippen LogP) is 6.29. The number of halogens is 2. The van der Waals surface area contributed by atoms with Crippen molar-refractivity contribution >= 4 is 60.1 Å². The van der Waals surface area contributed by atoms with Gasteiger partial charge in [-0.3, -0.25) is 4.79 Å². The Morgan fingerprint density at radius 2 is 1.74 bits per heavy atom. The molecule has 0 atom stereocenters. The average Bonchev–Trinajstić information content (AvgIpc) is 3.19. The minimum atomic E-state index is -3.44. The molecule has 9 heteroatoms. The van der Waals surface area contributed by atoms with Crippen molar-refractivity contribution in [1.29, 1.82) is 0 Å². The van der Waals surface area contributed by atoms with Crippen LogP contribution in [0.25, 0.3) is 16.8 Å².